The van der Waals surface area contributed by atoms with E-state index in [0.29, 0.717) is 17.1 Å². The minimum absolute atomic E-state index is 0. The van der Waals surface area contributed by atoms with Crippen LogP contribution in [-0.4, -0.2) is 18.3 Å². The molecule has 0 aliphatic rings. The van der Waals surface area contributed by atoms with E-state index >= 15 is 0 Å². The van der Waals surface area contributed by atoms with Crippen molar-refractivity contribution in [1.82, 2.24) is 0 Å². The van der Waals surface area contributed by atoms with Crippen molar-refractivity contribution in [3.8, 4) is 17.2 Å². The van der Waals surface area contributed by atoms with Crippen molar-refractivity contribution >= 4 is 18.2 Å². The summed E-state index contributed by atoms with van der Waals surface area (Å²) in [4.78, 5) is 0. The third kappa shape index (κ3) is 56.3. The van der Waals surface area contributed by atoms with Crippen molar-refractivity contribution in [3.63, 3.8) is 0 Å². The first-order valence-corrected chi connectivity index (χ1v) is 14.6. The average molecular weight is 2570 g/mol. The molecule has 0 saturated carbocycles. The Hall–Kier alpha value is 4.33. The van der Waals surface area contributed by atoms with Crippen molar-refractivity contribution < 1.29 is 273 Å². The predicted octanol–water partition coefficient (Wildman–Crippen LogP) is 13.0. The monoisotopic (exact) mass is 2570 g/mol. The van der Waals surface area contributed by atoms with E-state index in [2.05, 4.69) is 47.1 Å². The molecule has 0 radical (unpaired) electrons. The van der Waals surface area contributed by atoms with Gasteiger partial charge in [-0.3, -0.25) is 13.2 Å². The fourth-order valence-electron chi connectivity index (χ4n) is 3.05. The Balaban J connectivity index is -0.0000000324. The number of para-hydroxylation sites is 2. The van der Waals surface area contributed by atoms with E-state index in [9.17, 15) is 4.39 Å². The molecule has 298 valence electrons. The first-order valence-electron chi connectivity index (χ1n) is 14.6. The second kappa shape index (κ2) is 76.6. The summed E-state index contributed by atoms with van der Waals surface area (Å²) >= 11 is 0. The van der Waals surface area contributed by atoms with Gasteiger partial charge in [0.1, 0.15) is 5.82 Å². The summed E-state index contributed by atoms with van der Waals surface area (Å²) in [5.41, 5.74) is 2.24. The number of aromatic hydroxyl groups is 1. The molecule has 0 heterocycles. The van der Waals surface area contributed by atoms with Gasteiger partial charge in [-0.05, 0) is 49.6 Å². The van der Waals surface area contributed by atoms with Crippen LogP contribution >= 0.6 is 0 Å². The molecule has 3 aromatic rings. The van der Waals surface area contributed by atoms with E-state index in [4.69, 9.17) is 32.5 Å². The van der Waals surface area contributed by atoms with Gasteiger partial charge in [0.15, 0.2) is 0 Å². The number of phenolic OH excluding ortho intramolecular Hbond substituents is 1. The number of halogens is 1. The van der Waals surface area contributed by atoms with Gasteiger partial charge in [0.05, 0.1) is 12.4 Å². The zero-order valence-corrected chi connectivity index (χ0v) is 68.2. The maximum absolute atomic E-state index is 12.8. The summed E-state index contributed by atoms with van der Waals surface area (Å²) in [5, 5.41) is 9.00. The molecular formula is C43H62FO4U8-. The average Bonchev–Trinajstić information content (AvgIpc) is 3.07. The van der Waals surface area contributed by atoms with Gasteiger partial charge in [0.25, 0.3) is 0 Å². The Morgan fingerprint density at radius 1 is 0.643 bits per heavy atom. The molecule has 3 rings (SSSR count). The molecule has 4 nitrogen and oxygen atoms in total. The van der Waals surface area contributed by atoms with Crippen LogP contribution in [0.25, 0.3) is 18.2 Å². The third-order valence-corrected chi connectivity index (χ3v) is 5.22. The number of hydrogen-bond acceptors (Lipinski definition) is 4. The predicted molar refractivity (Wildman–Crippen MR) is 212 cm³/mol. The Morgan fingerprint density at radius 2 is 1.11 bits per heavy atom. The van der Waals surface area contributed by atoms with Gasteiger partial charge in [-0.15, -0.1) is 23.3 Å². The number of rotatable bonds is 12. The molecule has 0 saturated heterocycles. The molecule has 0 bridgehead atoms. The van der Waals surface area contributed by atoms with Crippen molar-refractivity contribution in [2.75, 3.05) is 13.2 Å². The van der Waals surface area contributed by atoms with Gasteiger partial charge < -0.3 is 55.9 Å². The fraction of sp³-hybridized carbons (Fsp3) is 0.233. The molecule has 0 amide bonds. The second-order valence-corrected chi connectivity index (χ2v) is 8.55. The zero-order chi connectivity index (χ0) is 33.4. The largest absolute Gasteiger partial charge is 2.00 e. The third-order valence-electron chi connectivity index (χ3n) is 5.22. The van der Waals surface area contributed by atoms with Crippen LogP contribution in [0.3, 0.4) is 0 Å². The number of phenols is 1. The van der Waals surface area contributed by atoms with Crippen molar-refractivity contribution in [1.29, 1.82) is 0 Å². The molecule has 3 aromatic carbocycles. The molecule has 0 aliphatic carbocycles. The van der Waals surface area contributed by atoms with Crippen LogP contribution in [0.5, 0.6) is 17.2 Å². The smallest absolute Gasteiger partial charge is 0.678 e. The van der Waals surface area contributed by atoms with E-state index in [-0.39, 0.29) is 290 Å². The minimum atomic E-state index is -0.267. The maximum atomic E-state index is 12.8. The molecule has 1 N–H and O–H groups in total. The molecule has 0 unspecified atom stereocenters. The van der Waals surface area contributed by atoms with Gasteiger partial charge >= 0.3 is 124 Å². The van der Waals surface area contributed by atoms with Gasteiger partial charge in [-0.25, -0.2) is 16.5 Å². The summed E-state index contributed by atoms with van der Waals surface area (Å²) in [5.74, 6) is 1.24. The summed E-state index contributed by atoms with van der Waals surface area (Å²) in [6.07, 6.45) is 15.3. The molecule has 13 heteroatoms. The van der Waals surface area contributed by atoms with E-state index in [0.717, 1.165) is 37.2 Å². The van der Waals surface area contributed by atoms with Crippen molar-refractivity contribution in [2.24, 2.45) is 0 Å². The molecule has 0 spiro atoms. The van der Waals surface area contributed by atoms with Gasteiger partial charge in [0.2, 0.25) is 0 Å². The van der Waals surface area contributed by atoms with Crippen LogP contribution in [0.15, 0.2) is 85.0 Å². The SMILES string of the molecule is CCCC=CCOCCC.[CH-]=Cc1ccccc1O.[CH-]=Cc1ccccc1O[CH2-].[CH2-]C.[CH2-]Oc1ccc(F)cc1C=CCC.[CH3-].[CH3-].[CH3-].[CH3-].[U+2].[U+2].[U+2].[U+2].[U].[U].[U].[U]. The molecule has 0 fully saturated rings. The van der Waals surface area contributed by atoms with Gasteiger partial charge in [-0.1, -0.05) is 75.8 Å². The van der Waals surface area contributed by atoms with Crippen LogP contribution in [-0.2, 0) is 4.74 Å². The van der Waals surface area contributed by atoms with Gasteiger partial charge in [0, 0.05) is 148 Å². The topological polar surface area (TPSA) is 47.9 Å². The minimum Gasteiger partial charge on any atom is -0.678 e. The molecule has 0 atom stereocenters. The Bertz CT molecular complexity index is 1220. The second-order valence-electron chi connectivity index (χ2n) is 8.55. The fourth-order valence-corrected chi connectivity index (χ4v) is 3.05. The Labute approximate surface area is 535 Å². The van der Waals surface area contributed by atoms with E-state index in [1.165, 1.54) is 37.1 Å². The van der Waals surface area contributed by atoms with Crippen molar-refractivity contribution in [2.45, 2.75) is 53.4 Å². The zero-order valence-electron chi connectivity index (χ0n) is 34.9. The number of ether oxygens (including phenoxy) is 3. The molecule has 0 aromatic heterocycles. The Kier molecular flexibility index (Phi) is 135. The van der Waals surface area contributed by atoms with Crippen LogP contribution in [0.2, 0.25) is 0 Å². The first-order chi connectivity index (χ1) is 21.4. The van der Waals surface area contributed by atoms with Crippen LogP contribution in [0, 0.1) is 319 Å². The van der Waals surface area contributed by atoms with Crippen LogP contribution < -0.4 is 9.47 Å². The Morgan fingerprint density at radius 3 is 1.50 bits per heavy atom. The summed E-state index contributed by atoms with van der Waals surface area (Å²) < 4.78 is 27.6. The summed E-state index contributed by atoms with van der Waals surface area (Å²) in [6, 6.07) is 18.7. The molecule has 0 aliphatic heterocycles. The molecular weight excluding hydrogens is 2500 g/mol. The first kappa shape index (κ1) is 98.9. The number of allylic oxidation sites excluding steroid dienone is 2. The van der Waals surface area contributed by atoms with Crippen molar-refractivity contribution in [3.05, 3.63) is 171 Å². The number of unbranched alkanes of at least 4 members (excludes halogenated alkanes) is 1. The van der Waals surface area contributed by atoms with E-state index < -0.39 is 0 Å². The maximum Gasteiger partial charge on any atom is 2.00 e. The molecule has 56 heavy (non-hydrogen) atoms. The normalized spacial score (nSPS) is 7.57. The summed E-state index contributed by atoms with van der Waals surface area (Å²) in [7, 11) is 6.59. The van der Waals surface area contributed by atoms with Crippen LogP contribution in [0.4, 0.5) is 4.39 Å². The summed E-state index contributed by atoms with van der Waals surface area (Å²) in [6.45, 7) is 23.4. The van der Waals surface area contributed by atoms with E-state index in [1.54, 1.807) is 31.2 Å². The van der Waals surface area contributed by atoms with Gasteiger partial charge in [-0.2, -0.15) is 21.1 Å². The number of hydrogen-bond donors (Lipinski definition) is 1. The number of benzene rings is 3. The standard InChI is InChI=1S/C11H12FO.C9H8O.C9H18O.C8H7O.C2H5.4CH3.8U/c1-3-4-5-9-8-10(12)6-7-11(9)13-2;1-3-8-6-4-5-7-9(8)10-2;1-3-5-6-7-9-10-8-4-2;1-2-7-5-3-4-6-8(7)9;1-2;;;;;;;;;;;;/h4-8H,2-3H2,1H3;1,3-7H,2H2;6-7H,3-5,8-9H2,1-2H3;1-6,9H;1H2,2H3;4*1H3;;;;;;;;/q-1;-2;;6*-1;;;;;4*+2. The van der Waals surface area contributed by atoms with E-state index in [1.807, 2.05) is 49.4 Å². The quantitative estimate of drug-likeness (QED) is 0.112. The van der Waals surface area contributed by atoms with Crippen LogP contribution in [0.1, 0.15) is 70.1 Å².